The molecule has 1 heteroatoms. The molecule has 2 aromatic rings. The molecule has 0 aliphatic carbocycles. The predicted molar refractivity (Wildman–Crippen MR) is 87.1 cm³/mol. The molecule has 0 heterocycles. The Morgan fingerprint density at radius 2 is 1.30 bits per heavy atom. The van der Waals surface area contributed by atoms with Crippen LogP contribution in [0.5, 0.6) is 0 Å². The first-order chi connectivity index (χ1) is 9.77. The second-order valence-electron chi connectivity index (χ2n) is 5.76. The Labute approximate surface area is 123 Å². The van der Waals surface area contributed by atoms with E-state index in [0.717, 1.165) is 19.5 Å². The Balaban J connectivity index is 2.06. The molecule has 0 radical (unpaired) electrons. The highest BCUT2D eigenvalue weighted by Crippen LogP contribution is 2.27. The standard InChI is InChI=1S/C19H25N/c1-16(2)15-20-14-13-19(17-9-5-3-6-10-17)18-11-7-4-8-12-18/h3-12,16,19-20H,13-15H2,1-2H3. The zero-order chi connectivity index (χ0) is 14.2. The number of hydrogen-bond acceptors (Lipinski definition) is 1. The van der Waals surface area contributed by atoms with E-state index in [4.69, 9.17) is 0 Å². The van der Waals surface area contributed by atoms with Crippen molar-refractivity contribution < 1.29 is 0 Å². The summed E-state index contributed by atoms with van der Waals surface area (Å²) in [6.07, 6.45) is 1.14. The first kappa shape index (κ1) is 14.8. The van der Waals surface area contributed by atoms with Gasteiger partial charge in [-0.25, -0.2) is 0 Å². The van der Waals surface area contributed by atoms with Crippen molar-refractivity contribution in [3.8, 4) is 0 Å². The maximum absolute atomic E-state index is 3.55. The maximum Gasteiger partial charge on any atom is 0.0101 e. The average molecular weight is 267 g/mol. The summed E-state index contributed by atoms with van der Waals surface area (Å²) >= 11 is 0. The van der Waals surface area contributed by atoms with Gasteiger partial charge in [0.2, 0.25) is 0 Å². The van der Waals surface area contributed by atoms with Crippen molar-refractivity contribution in [3.05, 3.63) is 71.8 Å². The smallest absolute Gasteiger partial charge is 0.0101 e. The molecule has 0 aliphatic heterocycles. The van der Waals surface area contributed by atoms with Gasteiger partial charge in [0, 0.05) is 5.92 Å². The third-order valence-corrected chi connectivity index (χ3v) is 3.57. The third kappa shape index (κ3) is 4.50. The summed E-state index contributed by atoms with van der Waals surface area (Å²) in [7, 11) is 0. The van der Waals surface area contributed by atoms with Crippen LogP contribution in [0.25, 0.3) is 0 Å². The van der Waals surface area contributed by atoms with E-state index in [0.29, 0.717) is 11.8 Å². The van der Waals surface area contributed by atoms with Gasteiger partial charge in [-0.15, -0.1) is 0 Å². The molecule has 0 atom stereocenters. The molecule has 0 aliphatic rings. The summed E-state index contributed by atoms with van der Waals surface area (Å²) in [5.74, 6) is 1.19. The summed E-state index contributed by atoms with van der Waals surface area (Å²) in [5, 5.41) is 3.55. The van der Waals surface area contributed by atoms with Gasteiger partial charge < -0.3 is 5.32 Å². The minimum atomic E-state index is 0.483. The van der Waals surface area contributed by atoms with Crippen LogP contribution in [-0.4, -0.2) is 13.1 Å². The molecule has 106 valence electrons. The van der Waals surface area contributed by atoms with E-state index in [9.17, 15) is 0 Å². The lowest BCUT2D eigenvalue weighted by atomic mass is 9.88. The van der Waals surface area contributed by atoms with Crippen molar-refractivity contribution in [2.45, 2.75) is 26.2 Å². The molecule has 1 N–H and O–H groups in total. The van der Waals surface area contributed by atoms with Crippen molar-refractivity contribution in [3.63, 3.8) is 0 Å². The summed E-state index contributed by atoms with van der Waals surface area (Å²) < 4.78 is 0. The molecule has 20 heavy (non-hydrogen) atoms. The molecule has 0 saturated heterocycles. The molecule has 2 aromatic carbocycles. The van der Waals surface area contributed by atoms with Crippen LogP contribution < -0.4 is 5.32 Å². The van der Waals surface area contributed by atoms with Gasteiger partial charge in [-0.2, -0.15) is 0 Å². The zero-order valence-corrected chi connectivity index (χ0v) is 12.5. The van der Waals surface area contributed by atoms with E-state index in [-0.39, 0.29) is 0 Å². The second-order valence-corrected chi connectivity index (χ2v) is 5.76. The fraction of sp³-hybridized carbons (Fsp3) is 0.368. The van der Waals surface area contributed by atoms with Crippen LogP contribution in [0, 0.1) is 5.92 Å². The Hall–Kier alpha value is -1.60. The maximum atomic E-state index is 3.55. The van der Waals surface area contributed by atoms with Gasteiger partial charge in [0.25, 0.3) is 0 Å². The van der Waals surface area contributed by atoms with Gasteiger partial charge in [-0.3, -0.25) is 0 Å². The van der Waals surface area contributed by atoms with Crippen LogP contribution in [0.4, 0.5) is 0 Å². The van der Waals surface area contributed by atoms with E-state index >= 15 is 0 Å². The van der Waals surface area contributed by atoms with Crippen molar-refractivity contribution in [1.82, 2.24) is 5.32 Å². The van der Waals surface area contributed by atoms with Gasteiger partial charge in [0.05, 0.1) is 0 Å². The molecular weight excluding hydrogens is 242 g/mol. The lowest BCUT2D eigenvalue weighted by molar-refractivity contribution is 0.531. The summed E-state index contributed by atoms with van der Waals surface area (Å²) in [6.45, 7) is 6.65. The van der Waals surface area contributed by atoms with Crippen molar-refractivity contribution in [2.24, 2.45) is 5.92 Å². The predicted octanol–water partition coefficient (Wildman–Crippen LogP) is 4.45. The van der Waals surface area contributed by atoms with Crippen LogP contribution in [0.3, 0.4) is 0 Å². The van der Waals surface area contributed by atoms with Crippen LogP contribution in [0.1, 0.15) is 37.3 Å². The average Bonchev–Trinajstić information content (AvgIpc) is 2.49. The van der Waals surface area contributed by atoms with Crippen molar-refractivity contribution >= 4 is 0 Å². The van der Waals surface area contributed by atoms with Crippen LogP contribution in [-0.2, 0) is 0 Å². The van der Waals surface area contributed by atoms with E-state index in [1.165, 1.54) is 11.1 Å². The van der Waals surface area contributed by atoms with Gasteiger partial charge in [0.15, 0.2) is 0 Å². The van der Waals surface area contributed by atoms with Crippen LogP contribution >= 0.6 is 0 Å². The molecular formula is C19H25N. The molecule has 0 amide bonds. The van der Waals surface area contributed by atoms with Gasteiger partial charge in [-0.1, -0.05) is 74.5 Å². The first-order valence-electron chi connectivity index (χ1n) is 7.58. The Morgan fingerprint density at radius 3 is 1.75 bits per heavy atom. The Morgan fingerprint density at radius 1 is 0.800 bits per heavy atom. The molecule has 2 rings (SSSR count). The van der Waals surface area contributed by atoms with E-state index in [1.54, 1.807) is 0 Å². The van der Waals surface area contributed by atoms with E-state index in [2.05, 4.69) is 79.8 Å². The molecule has 0 unspecified atom stereocenters. The van der Waals surface area contributed by atoms with Crippen LogP contribution in [0.2, 0.25) is 0 Å². The minimum Gasteiger partial charge on any atom is -0.316 e. The zero-order valence-electron chi connectivity index (χ0n) is 12.5. The highest BCUT2D eigenvalue weighted by atomic mass is 14.8. The highest BCUT2D eigenvalue weighted by molar-refractivity contribution is 5.32. The number of benzene rings is 2. The molecule has 0 spiro atoms. The summed E-state index contributed by atoms with van der Waals surface area (Å²) in [6, 6.07) is 21.6. The van der Waals surface area contributed by atoms with Crippen LogP contribution in [0.15, 0.2) is 60.7 Å². The molecule has 0 aromatic heterocycles. The van der Waals surface area contributed by atoms with E-state index in [1.807, 2.05) is 0 Å². The van der Waals surface area contributed by atoms with E-state index < -0.39 is 0 Å². The summed E-state index contributed by atoms with van der Waals surface area (Å²) in [5.41, 5.74) is 2.81. The van der Waals surface area contributed by atoms with Crippen molar-refractivity contribution in [2.75, 3.05) is 13.1 Å². The fourth-order valence-electron chi connectivity index (χ4n) is 2.53. The normalized spacial score (nSPS) is 11.2. The number of hydrogen-bond donors (Lipinski definition) is 1. The quantitative estimate of drug-likeness (QED) is 0.731. The Kier molecular flexibility index (Phi) is 5.82. The molecule has 0 saturated carbocycles. The molecule has 1 nitrogen and oxygen atoms in total. The lowest BCUT2D eigenvalue weighted by Crippen LogP contribution is -2.22. The summed E-state index contributed by atoms with van der Waals surface area (Å²) in [4.78, 5) is 0. The molecule has 0 fully saturated rings. The highest BCUT2D eigenvalue weighted by Gasteiger charge is 2.13. The fourth-order valence-corrected chi connectivity index (χ4v) is 2.53. The number of rotatable bonds is 7. The second kappa shape index (κ2) is 7.86. The Bertz CT molecular complexity index is 436. The third-order valence-electron chi connectivity index (χ3n) is 3.57. The topological polar surface area (TPSA) is 12.0 Å². The van der Waals surface area contributed by atoms with Gasteiger partial charge in [-0.05, 0) is 36.6 Å². The monoisotopic (exact) mass is 267 g/mol. The van der Waals surface area contributed by atoms with Crippen molar-refractivity contribution in [1.29, 1.82) is 0 Å². The largest absolute Gasteiger partial charge is 0.316 e. The SMILES string of the molecule is CC(C)CNCCC(c1ccccc1)c1ccccc1. The number of nitrogens with one attached hydrogen (secondary N) is 1. The first-order valence-corrected chi connectivity index (χ1v) is 7.58. The molecule has 0 bridgehead atoms. The van der Waals surface area contributed by atoms with Gasteiger partial charge in [0.1, 0.15) is 0 Å². The van der Waals surface area contributed by atoms with Gasteiger partial charge >= 0.3 is 0 Å². The minimum absolute atomic E-state index is 0.483. The lowest BCUT2D eigenvalue weighted by Gasteiger charge is -2.19.